The molecule has 2 amide bonds. The number of hydrogen-bond donors (Lipinski definition) is 2. The van der Waals surface area contributed by atoms with Crippen LogP contribution in [0.5, 0.6) is 0 Å². The first kappa shape index (κ1) is 19.2. The van der Waals surface area contributed by atoms with Gasteiger partial charge in [-0.05, 0) is 62.1 Å². The standard InChI is InChI=1S/C21H23N3O2S/c1-12-8-9-16(10-15(12)4)22-21-24-20(26)17(27-21)11-18(25)23-19-13(2)6-5-7-14(19)3/h5-10,17H,11H2,1-4H3,(H,23,25)(H,22,24,26)/t17-/m1/s1. The number of aliphatic imine (C=N–C) groups is 1. The van der Waals surface area contributed by atoms with Crippen molar-refractivity contribution < 1.29 is 9.59 Å². The van der Waals surface area contributed by atoms with Crippen molar-refractivity contribution in [2.75, 3.05) is 5.32 Å². The lowest BCUT2D eigenvalue weighted by Crippen LogP contribution is -2.28. The first-order valence-electron chi connectivity index (χ1n) is 8.83. The van der Waals surface area contributed by atoms with Gasteiger partial charge in [-0.3, -0.25) is 9.59 Å². The molecule has 27 heavy (non-hydrogen) atoms. The van der Waals surface area contributed by atoms with E-state index in [1.165, 1.54) is 17.3 Å². The number of amidine groups is 1. The molecule has 2 N–H and O–H groups in total. The average Bonchev–Trinajstić information content (AvgIpc) is 2.94. The van der Waals surface area contributed by atoms with Crippen LogP contribution in [-0.4, -0.2) is 22.2 Å². The molecule has 1 fully saturated rings. The Morgan fingerprint density at radius 1 is 1.07 bits per heavy atom. The fourth-order valence-electron chi connectivity index (χ4n) is 2.88. The summed E-state index contributed by atoms with van der Waals surface area (Å²) in [5.74, 6) is -0.355. The molecule has 140 valence electrons. The molecule has 0 aromatic heterocycles. The first-order valence-corrected chi connectivity index (χ1v) is 9.71. The molecular weight excluding hydrogens is 358 g/mol. The van der Waals surface area contributed by atoms with E-state index in [4.69, 9.17) is 0 Å². The van der Waals surface area contributed by atoms with Crippen molar-refractivity contribution in [3.8, 4) is 0 Å². The predicted molar refractivity (Wildman–Crippen MR) is 112 cm³/mol. The van der Waals surface area contributed by atoms with E-state index >= 15 is 0 Å². The second-order valence-electron chi connectivity index (χ2n) is 6.80. The molecule has 5 nitrogen and oxygen atoms in total. The average molecular weight is 382 g/mol. The van der Waals surface area contributed by atoms with E-state index in [1.54, 1.807) is 0 Å². The molecule has 0 unspecified atom stereocenters. The first-order chi connectivity index (χ1) is 12.8. The van der Waals surface area contributed by atoms with Crippen molar-refractivity contribution in [3.63, 3.8) is 0 Å². The lowest BCUT2D eigenvalue weighted by molar-refractivity contribution is -0.122. The zero-order valence-electron chi connectivity index (χ0n) is 15.9. The Labute approximate surface area is 163 Å². The largest absolute Gasteiger partial charge is 0.326 e. The monoisotopic (exact) mass is 381 g/mol. The second kappa shape index (κ2) is 7.96. The molecule has 1 saturated heterocycles. The number of benzene rings is 2. The van der Waals surface area contributed by atoms with Crippen LogP contribution in [-0.2, 0) is 9.59 Å². The van der Waals surface area contributed by atoms with Crippen molar-refractivity contribution >= 4 is 40.1 Å². The van der Waals surface area contributed by atoms with E-state index in [9.17, 15) is 9.59 Å². The number of hydrogen-bond acceptors (Lipinski definition) is 4. The molecule has 2 aromatic rings. The van der Waals surface area contributed by atoms with Gasteiger partial charge in [-0.15, -0.1) is 0 Å². The summed E-state index contributed by atoms with van der Waals surface area (Å²) < 4.78 is 0. The summed E-state index contributed by atoms with van der Waals surface area (Å²) in [4.78, 5) is 29.1. The summed E-state index contributed by atoms with van der Waals surface area (Å²) in [5, 5.41) is 5.77. The maximum Gasteiger partial charge on any atom is 0.240 e. The Morgan fingerprint density at radius 2 is 1.78 bits per heavy atom. The van der Waals surface area contributed by atoms with Gasteiger partial charge < -0.3 is 10.6 Å². The third kappa shape index (κ3) is 4.57. The zero-order chi connectivity index (χ0) is 19.6. The Balaban J connectivity index is 1.66. The van der Waals surface area contributed by atoms with E-state index in [0.717, 1.165) is 28.1 Å². The molecule has 1 aliphatic rings. The highest BCUT2D eigenvalue weighted by atomic mass is 32.2. The lowest BCUT2D eigenvalue weighted by Gasteiger charge is -2.12. The summed E-state index contributed by atoms with van der Waals surface area (Å²) in [7, 11) is 0. The van der Waals surface area contributed by atoms with Gasteiger partial charge in [0.25, 0.3) is 0 Å². The van der Waals surface area contributed by atoms with Gasteiger partial charge in [-0.25, -0.2) is 4.99 Å². The molecule has 1 atom stereocenters. The number of nitrogens with zero attached hydrogens (tertiary/aromatic N) is 1. The number of nitrogens with one attached hydrogen (secondary N) is 2. The van der Waals surface area contributed by atoms with Gasteiger partial charge in [0.15, 0.2) is 5.17 Å². The Bertz CT molecular complexity index is 917. The number of anilines is 1. The minimum atomic E-state index is -0.473. The zero-order valence-corrected chi connectivity index (χ0v) is 16.7. The maximum atomic E-state index is 12.4. The molecule has 2 aromatic carbocycles. The van der Waals surface area contributed by atoms with Gasteiger partial charge in [0.2, 0.25) is 11.8 Å². The van der Waals surface area contributed by atoms with Gasteiger partial charge >= 0.3 is 0 Å². The number of carbonyl (C=O) groups excluding carboxylic acids is 2. The van der Waals surface area contributed by atoms with Crippen LogP contribution in [0.2, 0.25) is 0 Å². The highest BCUT2D eigenvalue weighted by molar-refractivity contribution is 8.15. The second-order valence-corrected chi connectivity index (χ2v) is 7.99. The third-order valence-electron chi connectivity index (χ3n) is 4.61. The summed E-state index contributed by atoms with van der Waals surface area (Å²) >= 11 is 1.30. The molecule has 0 aliphatic carbocycles. The third-order valence-corrected chi connectivity index (χ3v) is 5.70. The van der Waals surface area contributed by atoms with E-state index in [1.807, 2.05) is 64.1 Å². The quantitative estimate of drug-likeness (QED) is 0.835. The molecule has 0 saturated carbocycles. The van der Waals surface area contributed by atoms with Crippen LogP contribution < -0.4 is 10.6 Å². The van der Waals surface area contributed by atoms with Crippen LogP contribution in [0.25, 0.3) is 0 Å². The topological polar surface area (TPSA) is 70.6 Å². The fourth-order valence-corrected chi connectivity index (χ4v) is 3.86. The molecule has 0 bridgehead atoms. The SMILES string of the molecule is Cc1ccc(N=C2NC(=O)[C@@H](CC(=O)Nc3c(C)cccc3C)S2)cc1C. The maximum absolute atomic E-state index is 12.4. The molecule has 1 aliphatic heterocycles. The van der Waals surface area contributed by atoms with Crippen LogP contribution in [0.3, 0.4) is 0 Å². The van der Waals surface area contributed by atoms with Crippen molar-refractivity contribution in [2.45, 2.75) is 39.4 Å². The van der Waals surface area contributed by atoms with Gasteiger partial charge in [0.1, 0.15) is 5.25 Å². The molecule has 6 heteroatoms. The van der Waals surface area contributed by atoms with Crippen LogP contribution in [0.15, 0.2) is 41.4 Å². The van der Waals surface area contributed by atoms with Crippen LogP contribution in [0.1, 0.15) is 28.7 Å². The van der Waals surface area contributed by atoms with E-state index in [0.29, 0.717) is 5.17 Å². The lowest BCUT2D eigenvalue weighted by atomic mass is 10.1. The number of thioether (sulfide) groups is 1. The van der Waals surface area contributed by atoms with Crippen LogP contribution >= 0.6 is 11.8 Å². The van der Waals surface area contributed by atoms with Crippen molar-refractivity contribution in [2.24, 2.45) is 4.99 Å². The molecule has 1 heterocycles. The minimum Gasteiger partial charge on any atom is -0.326 e. The predicted octanol–water partition coefficient (Wildman–Crippen LogP) is 4.17. The van der Waals surface area contributed by atoms with E-state index in [2.05, 4.69) is 15.6 Å². The minimum absolute atomic E-state index is 0.107. The van der Waals surface area contributed by atoms with Gasteiger partial charge in [0.05, 0.1) is 5.69 Å². The van der Waals surface area contributed by atoms with Crippen molar-refractivity contribution in [1.29, 1.82) is 0 Å². The van der Waals surface area contributed by atoms with Gasteiger partial charge in [0, 0.05) is 12.1 Å². The molecule has 0 radical (unpaired) electrons. The summed E-state index contributed by atoms with van der Waals surface area (Å²) in [6.45, 7) is 7.98. The highest BCUT2D eigenvalue weighted by Crippen LogP contribution is 2.27. The Kier molecular flexibility index (Phi) is 5.65. The molecular formula is C21H23N3O2S. The van der Waals surface area contributed by atoms with Gasteiger partial charge in [-0.2, -0.15) is 0 Å². The van der Waals surface area contributed by atoms with Crippen molar-refractivity contribution in [1.82, 2.24) is 5.32 Å². The normalized spacial score (nSPS) is 17.9. The Hall–Kier alpha value is -2.60. The van der Waals surface area contributed by atoms with Gasteiger partial charge in [-0.1, -0.05) is 36.0 Å². The van der Waals surface area contributed by atoms with Crippen LogP contribution in [0.4, 0.5) is 11.4 Å². The Morgan fingerprint density at radius 3 is 2.44 bits per heavy atom. The number of aryl methyl sites for hydroxylation is 4. The highest BCUT2D eigenvalue weighted by Gasteiger charge is 2.32. The summed E-state index contributed by atoms with van der Waals surface area (Å²) in [5.41, 5.74) is 5.96. The van der Waals surface area contributed by atoms with E-state index < -0.39 is 5.25 Å². The molecule has 3 rings (SSSR count). The fraction of sp³-hybridized carbons (Fsp3) is 0.286. The number of rotatable bonds is 4. The molecule has 0 spiro atoms. The summed E-state index contributed by atoms with van der Waals surface area (Å²) in [6.07, 6.45) is 0.107. The van der Waals surface area contributed by atoms with E-state index in [-0.39, 0.29) is 18.2 Å². The van der Waals surface area contributed by atoms with Crippen LogP contribution in [0, 0.1) is 27.7 Å². The number of carbonyl (C=O) groups is 2. The number of amides is 2. The smallest absolute Gasteiger partial charge is 0.240 e. The van der Waals surface area contributed by atoms with Crippen molar-refractivity contribution in [3.05, 3.63) is 58.7 Å². The number of para-hydroxylation sites is 1. The summed E-state index contributed by atoms with van der Waals surface area (Å²) in [6, 6.07) is 11.8.